The number of aromatic nitrogens is 1. The molecule has 0 radical (unpaired) electrons. The number of halogens is 3. The SMILES string of the molecule is FC(F)(F)c1ccc(SSSC/C=C/c2ccccc2)nc1. The summed E-state index contributed by atoms with van der Waals surface area (Å²) in [6, 6.07) is 12.4. The fraction of sp³-hybridized carbons (Fsp3) is 0.133. The van der Waals surface area contributed by atoms with Gasteiger partial charge < -0.3 is 0 Å². The second-order valence-corrected chi connectivity index (χ2v) is 8.26. The van der Waals surface area contributed by atoms with Gasteiger partial charge in [-0.3, -0.25) is 0 Å². The quantitative estimate of drug-likeness (QED) is 0.449. The van der Waals surface area contributed by atoms with Crippen molar-refractivity contribution in [2.45, 2.75) is 11.2 Å². The van der Waals surface area contributed by atoms with Crippen LogP contribution in [0, 0.1) is 0 Å². The number of hydrogen-bond donors (Lipinski definition) is 0. The van der Waals surface area contributed by atoms with Crippen LogP contribution in [0.4, 0.5) is 13.2 Å². The maximum absolute atomic E-state index is 12.4. The molecule has 0 aliphatic carbocycles. The van der Waals surface area contributed by atoms with E-state index in [1.807, 2.05) is 42.5 Å². The largest absolute Gasteiger partial charge is 0.417 e. The number of hydrogen-bond acceptors (Lipinski definition) is 4. The molecule has 0 aliphatic rings. The van der Waals surface area contributed by atoms with Crippen molar-refractivity contribution in [3.63, 3.8) is 0 Å². The maximum atomic E-state index is 12.4. The van der Waals surface area contributed by atoms with Crippen LogP contribution >= 0.6 is 31.4 Å². The van der Waals surface area contributed by atoms with Gasteiger partial charge in [-0.05, 0) is 38.3 Å². The molecule has 2 rings (SSSR count). The third-order valence-electron chi connectivity index (χ3n) is 2.51. The highest BCUT2D eigenvalue weighted by Crippen LogP contribution is 2.40. The van der Waals surface area contributed by atoms with Crippen molar-refractivity contribution in [1.82, 2.24) is 4.98 Å². The highest BCUT2D eigenvalue weighted by molar-refractivity contribution is 9.09. The summed E-state index contributed by atoms with van der Waals surface area (Å²) in [4.78, 5) is 3.80. The molecule has 0 N–H and O–H groups in total. The Kier molecular flexibility index (Phi) is 6.72. The lowest BCUT2D eigenvalue weighted by Gasteiger charge is -2.05. The molecule has 116 valence electrons. The summed E-state index contributed by atoms with van der Waals surface area (Å²) in [6.45, 7) is 0. The third-order valence-corrected chi connectivity index (χ3v) is 6.30. The van der Waals surface area contributed by atoms with E-state index in [1.54, 1.807) is 10.8 Å². The molecule has 0 saturated heterocycles. The van der Waals surface area contributed by atoms with Crippen LogP contribution < -0.4 is 0 Å². The van der Waals surface area contributed by atoms with E-state index in [0.717, 1.165) is 23.6 Å². The number of pyridine rings is 1. The minimum atomic E-state index is -4.33. The van der Waals surface area contributed by atoms with Gasteiger partial charge in [0.25, 0.3) is 0 Å². The first kappa shape index (κ1) is 17.3. The van der Waals surface area contributed by atoms with E-state index in [2.05, 4.69) is 4.98 Å². The summed E-state index contributed by atoms with van der Waals surface area (Å²) >= 11 is 0. The van der Waals surface area contributed by atoms with Gasteiger partial charge in [0.15, 0.2) is 0 Å². The predicted octanol–water partition coefficient (Wildman–Crippen LogP) is 6.20. The lowest BCUT2D eigenvalue weighted by Crippen LogP contribution is -2.04. The molecular formula is C15H12F3NS3. The van der Waals surface area contributed by atoms with Crippen LogP contribution in [-0.2, 0) is 6.18 Å². The Balaban J connectivity index is 1.70. The summed E-state index contributed by atoms with van der Waals surface area (Å²) in [5, 5.41) is 0.567. The fourth-order valence-corrected chi connectivity index (χ4v) is 4.65. The summed E-state index contributed by atoms with van der Waals surface area (Å²) in [7, 11) is 4.45. The highest BCUT2D eigenvalue weighted by atomic mass is 33.5. The smallest absolute Gasteiger partial charge is 0.248 e. The number of alkyl halides is 3. The summed E-state index contributed by atoms with van der Waals surface area (Å²) in [6.07, 6.45) is 0.617. The van der Waals surface area contributed by atoms with Crippen molar-refractivity contribution in [2.75, 3.05) is 5.75 Å². The lowest BCUT2D eigenvalue weighted by molar-refractivity contribution is -0.137. The van der Waals surface area contributed by atoms with Gasteiger partial charge >= 0.3 is 6.18 Å². The Labute approximate surface area is 138 Å². The van der Waals surface area contributed by atoms with Gasteiger partial charge in [-0.2, -0.15) is 13.2 Å². The maximum Gasteiger partial charge on any atom is 0.417 e. The Morgan fingerprint density at radius 2 is 1.82 bits per heavy atom. The molecule has 2 aromatic rings. The summed E-state index contributed by atoms with van der Waals surface area (Å²) in [5.41, 5.74) is 0.422. The molecule has 1 aromatic carbocycles. The zero-order valence-corrected chi connectivity index (χ0v) is 13.7. The second kappa shape index (κ2) is 8.55. The van der Waals surface area contributed by atoms with Gasteiger partial charge in [0.1, 0.15) is 5.03 Å². The van der Waals surface area contributed by atoms with Crippen LogP contribution in [0.5, 0.6) is 0 Å². The normalized spacial score (nSPS) is 12.0. The van der Waals surface area contributed by atoms with Crippen LogP contribution in [0.2, 0.25) is 0 Å². The van der Waals surface area contributed by atoms with Gasteiger partial charge in [0, 0.05) is 11.9 Å². The summed E-state index contributed by atoms with van der Waals surface area (Å²) in [5.74, 6) is 0.813. The van der Waals surface area contributed by atoms with E-state index in [4.69, 9.17) is 0 Å². The van der Waals surface area contributed by atoms with Crippen LogP contribution in [-0.4, -0.2) is 10.7 Å². The molecule has 1 nitrogen and oxygen atoms in total. The Bertz CT molecular complexity index is 598. The zero-order valence-electron chi connectivity index (χ0n) is 11.3. The van der Waals surface area contributed by atoms with Crippen LogP contribution in [0.1, 0.15) is 11.1 Å². The van der Waals surface area contributed by atoms with E-state index in [-0.39, 0.29) is 0 Å². The van der Waals surface area contributed by atoms with E-state index >= 15 is 0 Å². The molecule has 0 fully saturated rings. The first-order chi connectivity index (χ1) is 10.6. The molecule has 0 aliphatic heterocycles. The number of rotatable bonds is 6. The average molecular weight is 359 g/mol. The first-order valence-corrected chi connectivity index (χ1v) is 9.92. The van der Waals surface area contributed by atoms with E-state index < -0.39 is 11.7 Å². The van der Waals surface area contributed by atoms with Crippen LogP contribution in [0.25, 0.3) is 6.08 Å². The molecule has 1 heterocycles. The van der Waals surface area contributed by atoms with Gasteiger partial charge in [-0.1, -0.05) is 53.3 Å². The van der Waals surface area contributed by atoms with Crippen molar-refractivity contribution >= 4 is 37.5 Å². The van der Waals surface area contributed by atoms with E-state index in [9.17, 15) is 13.2 Å². The Morgan fingerprint density at radius 1 is 1.05 bits per heavy atom. The van der Waals surface area contributed by atoms with Gasteiger partial charge in [0.2, 0.25) is 0 Å². The molecule has 22 heavy (non-hydrogen) atoms. The monoisotopic (exact) mass is 359 g/mol. The van der Waals surface area contributed by atoms with Crippen LogP contribution in [0.3, 0.4) is 0 Å². The van der Waals surface area contributed by atoms with Crippen molar-refractivity contribution in [3.05, 3.63) is 65.9 Å². The standard InChI is InChI=1S/C15H12F3NS3/c16-15(17,18)13-8-9-14(19-11-13)21-22-20-10-4-7-12-5-2-1-3-6-12/h1-9,11H,10H2/b7-4+. The molecule has 1 aromatic heterocycles. The molecule has 7 heteroatoms. The van der Waals surface area contributed by atoms with Crippen molar-refractivity contribution < 1.29 is 13.2 Å². The van der Waals surface area contributed by atoms with Crippen molar-refractivity contribution in [3.8, 4) is 0 Å². The minimum absolute atomic E-state index is 0.567. The number of benzene rings is 1. The molecule has 0 unspecified atom stereocenters. The number of nitrogens with zero attached hydrogens (tertiary/aromatic N) is 1. The van der Waals surface area contributed by atoms with Gasteiger partial charge in [0.05, 0.1) is 5.56 Å². The lowest BCUT2D eigenvalue weighted by atomic mass is 10.2. The van der Waals surface area contributed by atoms with E-state index in [0.29, 0.717) is 5.03 Å². The molecule has 0 bridgehead atoms. The van der Waals surface area contributed by atoms with Crippen molar-refractivity contribution in [1.29, 1.82) is 0 Å². The third kappa shape index (κ3) is 5.98. The molecule has 0 saturated carbocycles. The summed E-state index contributed by atoms with van der Waals surface area (Å²) < 4.78 is 37.2. The van der Waals surface area contributed by atoms with E-state index in [1.165, 1.54) is 26.7 Å². The topological polar surface area (TPSA) is 12.9 Å². The van der Waals surface area contributed by atoms with Crippen molar-refractivity contribution in [2.24, 2.45) is 0 Å². The average Bonchev–Trinajstić information content (AvgIpc) is 2.51. The molecule has 0 spiro atoms. The first-order valence-electron chi connectivity index (χ1n) is 6.27. The second-order valence-electron chi connectivity index (χ2n) is 4.13. The molecule has 0 atom stereocenters. The predicted molar refractivity (Wildman–Crippen MR) is 90.6 cm³/mol. The van der Waals surface area contributed by atoms with Crippen LogP contribution in [0.15, 0.2) is 59.8 Å². The highest BCUT2D eigenvalue weighted by Gasteiger charge is 2.30. The van der Waals surface area contributed by atoms with Gasteiger partial charge in [-0.25, -0.2) is 4.98 Å². The minimum Gasteiger partial charge on any atom is -0.248 e. The Morgan fingerprint density at radius 3 is 2.45 bits per heavy atom. The fourth-order valence-electron chi connectivity index (χ4n) is 1.47. The zero-order chi connectivity index (χ0) is 15.8. The Hall–Kier alpha value is -1.05. The van der Waals surface area contributed by atoms with Gasteiger partial charge in [-0.15, -0.1) is 0 Å². The molecule has 0 amide bonds. The molecular weight excluding hydrogens is 347 g/mol.